The van der Waals surface area contributed by atoms with Crippen LogP contribution in [0.1, 0.15) is 30.9 Å². The van der Waals surface area contributed by atoms with Gasteiger partial charge < -0.3 is 10.4 Å². The first-order valence-electron chi connectivity index (χ1n) is 7.19. The van der Waals surface area contributed by atoms with Crippen LogP contribution in [-0.4, -0.2) is 43.6 Å². The largest absolute Gasteiger partial charge is 0.389 e. The third-order valence-corrected chi connectivity index (χ3v) is 6.14. The first-order valence-corrected chi connectivity index (χ1v) is 8.63. The molecule has 21 heavy (non-hydrogen) atoms. The molecule has 2 N–H and O–H groups in total. The predicted octanol–water partition coefficient (Wildman–Crippen LogP) is 1.88. The Bertz CT molecular complexity index is 615. The summed E-state index contributed by atoms with van der Waals surface area (Å²) in [5.41, 5.74) is 1.40. The van der Waals surface area contributed by atoms with E-state index in [-0.39, 0.29) is 6.54 Å². The lowest BCUT2D eigenvalue weighted by molar-refractivity contribution is 0.00938. The van der Waals surface area contributed by atoms with Gasteiger partial charge in [-0.3, -0.25) is 0 Å². The van der Waals surface area contributed by atoms with E-state index in [9.17, 15) is 13.5 Å². The van der Waals surface area contributed by atoms with E-state index in [1.165, 1.54) is 4.31 Å². The van der Waals surface area contributed by atoms with Gasteiger partial charge in [-0.1, -0.05) is 0 Å². The van der Waals surface area contributed by atoms with Crippen molar-refractivity contribution in [3.8, 4) is 0 Å². The minimum Gasteiger partial charge on any atom is -0.389 e. The Morgan fingerprint density at radius 3 is 2.33 bits per heavy atom. The van der Waals surface area contributed by atoms with Gasteiger partial charge in [0.15, 0.2) is 0 Å². The minimum atomic E-state index is -3.57. The van der Waals surface area contributed by atoms with Gasteiger partial charge in [0.2, 0.25) is 10.0 Å². The molecular formula is C15H24N2O3S. The van der Waals surface area contributed by atoms with E-state index in [1.807, 2.05) is 33.0 Å². The summed E-state index contributed by atoms with van der Waals surface area (Å²) in [5.74, 6) is 0. The zero-order chi connectivity index (χ0) is 15.8. The standard InChI is InChI=1S/C15H24N2O3S/c1-11-8-13(16-4)9-12(2)14(11)21(19,20)17-7-5-6-15(3,18)10-17/h8-9,16,18H,5-7,10H2,1-4H3. The van der Waals surface area contributed by atoms with Crippen LogP contribution in [0.2, 0.25) is 0 Å². The highest BCUT2D eigenvalue weighted by Gasteiger charge is 2.36. The molecule has 0 amide bonds. The number of rotatable bonds is 3. The second-order valence-electron chi connectivity index (χ2n) is 6.13. The minimum absolute atomic E-state index is 0.155. The van der Waals surface area contributed by atoms with Crippen LogP contribution in [0.15, 0.2) is 17.0 Å². The molecule has 0 spiro atoms. The number of aryl methyl sites for hydroxylation is 2. The number of nitrogens with one attached hydrogen (secondary N) is 1. The maximum absolute atomic E-state index is 12.9. The van der Waals surface area contributed by atoms with Gasteiger partial charge in [0.25, 0.3) is 0 Å². The fraction of sp³-hybridized carbons (Fsp3) is 0.600. The summed E-state index contributed by atoms with van der Waals surface area (Å²) in [5, 5.41) is 13.2. The molecule has 1 fully saturated rings. The molecule has 0 aliphatic carbocycles. The predicted molar refractivity (Wildman–Crippen MR) is 84.1 cm³/mol. The maximum atomic E-state index is 12.9. The summed E-state index contributed by atoms with van der Waals surface area (Å²) in [6.07, 6.45) is 1.31. The van der Waals surface area contributed by atoms with E-state index >= 15 is 0 Å². The average Bonchev–Trinajstić information content (AvgIpc) is 2.36. The third-order valence-electron chi connectivity index (χ3n) is 3.99. The summed E-state index contributed by atoms with van der Waals surface area (Å²) >= 11 is 0. The number of sulfonamides is 1. The van der Waals surface area contributed by atoms with Crippen LogP contribution in [-0.2, 0) is 10.0 Å². The molecule has 0 radical (unpaired) electrons. The van der Waals surface area contributed by atoms with Gasteiger partial charge in [-0.2, -0.15) is 4.31 Å². The van der Waals surface area contributed by atoms with Crippen molar-refractivity contribution in [2.24, 2.45) is 0 Å². The van der Waals surface area contributed by atoms with Crippen LogP contribution in [0.5, 0.6) is 0 Å². The molecule has 2 rings (SSSR count). The second-order valence-corrected chi connectivity index (χ2v) is 8.00. The fourth-order valence-electron chi connectivity index (χ4n) is 3.01. The van der Waals surface area contributed by atoms with Gasteiger partial charge in [0, 0.05) is 25.8 Å². The number of aliphatic hydroxyl groups is 1. The average molecular weight is 312 g/mol. The molecule has 1 atom stereocenters. The van der Waals surface area contributed by atoms with Crippen molar-refractivity contribution < 1.29 is 13.5 Å². The van der Waals surface area contributed by atoms with Crippen LogP contribution >= 0.6 is 0 Å². The number of β-amino-alcohol motifs (C(OH)–C–C–N with tert-alkyl or cyclic N) is 1. The maximum Gasteiger partial charge on any atom is 0.243 e. The van der Waals surface area contributed by atoms with E-state index in [0.717, 1.165) is 16.8 Å². The van der Waals surface area contributed by atoms with Crippen LogP contribution in [0.3, 0.4) is 0 Å². The summed E-state index contributed by atoms with van der Waals surface area (Å²) < 4.78 is 27.2. The smallest absolute Gasteiger partial charge is 0.243 e. The van der Waals surface area contributed by atoms with Gasteiger partial charge in [0.05, 0.1) is 10.5 Å². The zero-order valence-electron chi connectivity index (χ0n) is 13.1. The first-order chi connectivity index (χ1) is 9.67. The Morgan fingerprint density at radius 1 is 1.29 bits per heavy atom. The number of anilines is 1. The highest BCUT2D eigenvalue weighted by Crippen LogP contribution is 2.30. The van der Waals surface area contributed by atoms with Crippen molar-refractivity contribution in [3.05, 3.63) is 23.3 Å². The number of piperidine rings is 1. The Hall–Kier alpha value is -1.11. The van der Waals surface area contributed by atoms with Gasteiger partial charge in [0.1, 0.15) is 0 Å². The molecule has 1 unspecified atom stereocenters. The molecule has 0 saturated carbocycles. The van der Waals surface area contributed by atoms with Crippen molar-refractivity contribution in [3.63, 3.8) is 0 Å². The van der Waals surface area contributed by atoms with Gasteiger partial charge >= 0.3 is 0 Å². The molecule has 1 aromatic rings. The first kappa shape index (κ1) is 16.3. The van der Waals surface area contributed by atoms with E-state index in [2.05, 4.69) is 5.32 Å². The SMILES string of the molecule is CNc1cc(C)c(S(=O)(=O)N2CCCC(C)(O)C2)c(C)c1. The van der Waals surface area contributed by atoms with Crippen molar-refractivity contribution in [1.82, 2.24) is 4.31 Å². The Kier molecular flexibility index (Phi) is 4.33. The lowest BCUT2D eigenvalue weighted by Gasteiger charge is -2.36. The number of benzene rings is 1. The third kappa shape index (κ3) is 3.22. The zero-order valence-corrected chi connectivity index (χ0v) is 13.9. The lowest BCUT2D eigenvalue weighted by atomic mass is 9.97. The highest BCUT2D eigenvalue weighted by atomic mass is 32.2. The monoisotopic (exact) mass is 312 g/mol. The van der Waals surface area contributed by atoms with Crippen molar-refractivity contribution >= 4 is 15.7 Å². The lowest BCUT2D eigenvalue weighted by Crippen LogP contribution is -2.48. The Morgan fingerprint density at radius 2 is 1.86 bits per heavy atom. The highest BCUT2D eigenvalue weighted by molar-refractivity contribution is 7.89. The van der Waals surface area contributed by atoms with E-state index in [0.29, 0.717) is 24.3 Å². The Balaban J connectivity index is 2.45. The molecule has 0 bridgehead atoms. The van der Waals surface area contributed by atoms with Crippen LogP contribution in [0, 0.1) is 13.8 Å². The molecule has 1 saturated heterocycles. The van der Waals surface area contributed by atoms with Crippen molar-refractivity contribution in [2.75, 3.05) is 25.5 Å². The van der Waals surface area contributed by atoms with Crippen molar-refractivity contribution in [1.29, 1.82) is 0 Å². The van der Waals surface area contributed by atoms with Crippen LogP contribution in [0.25, 0.3) is 0 Å². The van der Waals surface area contributed by atoms with Gasteiger partial charge in [-0.25, -0.2) is 8.42 Å². The second kappa shape index (κ2) is 5.59. The van der Waals surface area contributed by atoms with E-state index in [4.69, 9.17) is 0 Å². The number of hydrogen-bond donors (Lipinski definition) is 2. The van der Waals surface area contributed by atoms with Gasteiger partial charge in [-0.05, 0) is 56.9 Å². The Labute approximate surface area is 127 Å². The molecule has 1 aromatic carbocycles. The molecule has 6 heteroatoms. The fourth-order valence-corrected chi connectivity index (χ4v) is 5.02. The molecule has 1 heterocycles. The normalized spacial score (nSPS) is 24.0. The van der Waals surface area contributed by atoms with Crippen LogP contribution in [0.4, 0.5) is 5.69 Å². The number of hydrogen-bond acceptors (Lipinski definition) is 4. The molecule has 5 nitrogen and oxygen atoms in total. The van der Waals surface area contributed by atoms with E-state index in [1.54, 1.807) is 6.92 Å². The molecule has 118 valence electrons. The quantitative estimate of drug-likeness (QED) is 0.894. The summed E-state index contributed by atoms with van der Waals surface area (Å²) in [7, 11) is -1.76. The topological polar surface area (TPSA) is 69.6 Å². The molecule has 1 aliphatic rings. The van der Waals surface area contributed by atoms with Gasteiger partial charge in [-0.15, -0.1) is 0 Å². The molecule has 1 aliphatic heterocycles. The number of nitrogens with zero attached hydrogens (tertiary/aromatic N) is 1. The van der Waals surface area contributed by atoms with E-state index < -0.39 is 15.6 Å². The summed E-state index contributed by atoms with van der Waals surface area (Å²) in [4.78, 5) is 0.360. The summed E-state index contributed by atoms with van der Waals surface area (Å²) in [6, 6.07) is 3.67. The molecule has 0 aromatic heterocycles. The van der Waals surface area contributed by atoms with Crippen LogP contribution < -0.4 is 5.32 Å². The molecular weight excluding hydrogens is 288 g/mol. The summed E-state index contributed by atoms with van der Waals surface area (Å²) in [6.45, 7) is 5.93. The van der Waals surface area contributed by atoms with Crippen molar-refractivity contribution in [2.45, 2.75) is 44.1 Å².